The molecule has 7 heteroatoms. The van der Waals surface area contributed by atoms with Crippen molar-refractivity contribution in [2.24, 2.45) is 0 Å². The molecule has 2 heterocycles. The standard InChI is InChI=1S/C17H18FN3O3/c18-13-5-1-2-6-15(13)24-11-16(22)21-9-3-4-12(10-21)14-7-8-19-17(23)20-14/h1-2,5-8,12H,3-4,9-11H2,(H,19,20,23). The third-order valence-electron chi connectivity index (χ3n) is 4.10. The number of hydrogen-bond acceptors (Lipinski definition) is 4. The van der Waals surface area contributed by atoms with Crippen LogP contribution in [0, 0.1) is 5.82 Å². The fraction of sp³-hybridized carbons (Fsp3) is 0.353. The van der Waals surface area contributed by atoms with Crippen molar-refractivity contribution >= 4 is 5.91 Å². The Bertz CT molecular complexity index is 777. The minimum Gasteiger partial charge on any atom is -0.481 e. The van der Waals surface area contributed by atoms with E-state index in [1.807, 2.05) is 0 Å². The van der Waals surface area contributed by atoms with Crippen molar-refractivity contribution in [3.05, 3.63) is 58.5 Å². The van der Waals surface area contributed by atoms with Gasteiger partial charge in [-0.15, -0.1) is 0 Å². The van der Waals surface area contributed by atoms with Crippen LogP contribution in [0.2, 0.25) is 0 Å². The van der Waals surface area contributed by atoms with Crippen LogP contribution in [0.25, 0.3) is 0 Å². The van der Waals surface area contributed by atoms with Crippen LogP contribution in [-0.2, 0) is 4.79 Å². The van der Waals surface area contributed by atoms with E-state index >= 15 is 0 Å². The first-order valence-electron chi connectivity index (χ1n) is 7.84. The van der Waals surface area contributed by atoms with Crippen molar-refractivity contribution in [1.82, 2.24) is 14.9 Å². The fourth-order valence-corrected chi connectivity index (χ4v) is 2.87. The molecule has 0 radical (unpaired) electrons. The molecule has 1 unspecified atom stereocenters. The van der Waals surface area contributed by atoms with Crippen LogP contribution in [0.5, 0.6) is 5.75 Å². The number of hydrogen-bond donors (Lipinski definition) is 1. The van der Waals surface area contributed by atoms with E-state index in [1.165, 1.54) is 18.3 Å². The number of nitrogens with zero attached hydrogens (tertiary/aromatic N) is 2. The van der Waals surface area contributed by atoms with Gasteiger partial charge in [-0.25, -0.2) is 14.2 Å². The molecular weight excluding hydrogens is 313 g/mol. The Kier molecular flexibility index (Phi) is 4.88. The monoisotopic (exact) mass is 331 g/mol. The first-order valence-corrected chi connectivity index (χ1v) is 7.84. The number of carbonyl (C=O) groups excluding carboxylic acids is 1. The number of rotatable bonds is 4. The maximum atomic E-state index is 13.5. The molecule has 24 heavy (non-hydrogen) atoms. The zero-order valence-corrected chi connectivity index (χ0v) is 13.1. The van der Waals surface area contributed by atoms with Crippen molar-refractivity contribution in [1.29, 1.82) is 0 Å². The number of aromatic nitrogens is 2. The number of amides is 1. The van der Waals surface area contributed by atoms with Gasteiger partial charge < -0.3 is 14.6 Å². The van der Waals surface area contributed by atoms with Crippen LogP contribution in [-0.4, -0.2) is 40.5 Å². The van der Waals surface area contributed by atoms with Crippen LogP contribution in [0.1, 0.15) is 24.5 Å². The summed E-state index contributed by atoms with van der Waals surface area (Å²) in [7, 11) is 0. The molecule has 1 aromatic carbocycles. The highest BCUT2D eigenvalue weighted by Crippen LogP contribution is 2.25. The van der Waals surface area contributed by atoms with Gasteiger partial charge in [0, 0.05) is 30.9 Å². The number of para-hydroxylation sites is 1. The second-order valence-corrected chi connectivity index (χ2v) is 5.73. The Morgan fingerprint density at radius 1 is 1.38 bits per heavy atom. The van der Waals surface area contributed by atoms with Crippen molar-refractivity contribution < 1.29 is 13.9 Å². The van der Waals surface area contributed by atoms with Crippen molar-refractivity contribution in [3.8, 4) is 5.75 Å². The molecule has 1 aliphatic heterocycles. The average Bonchev–Trinajstić information content (AvgIpc) is 2.61. The maximum absolute atomic E-state index is 13.5. The summed E-state index contributed by atoms with van der Waals surface area (Å²) in [6.45, 7) is 0.922. The summed E-state index contributed by atoms with van der Waals surface area (Å²) in [4.78, 5) is 31.7. The summed E-state index contributed by atoms with van der Waals surface area (Å²) in [6, 6.07) is 7.75. The van der Waals surface area contributed by atoms with Crippen LogP contribution in [0.3, 0.4) is 0 Å². The second-order valence-electron chi connectivity index (χ2n) is 5.73. The molecule has 1 fully saturated rings. The summed E-state index contributed by atoms with van der Waals surface area (Å²) >= 11 is 0. The van der Waals surface area contributed by atoms with Gasteiger partial charge in [0.25, 0.3) is 5.91 Å². The highest BCUT2D eigenvalue weighted by Gasteiger charge is 2.25. The second kappa shape index (κ2) is 7.25. The van der Waals surface area contributed by atoms with Crippen LogP contribution in [0.15, 0.2) is 41.3 Å². The van der Waals surface area contributed by atoms with Gasteiger partial charge in [0.1, 0.15) is 0 Å². The molecule has 1 atom stereocenters. The largest absolute Gasteiger partial charge is 0.481 e. The topological polar surface area (TPSA) is 75.3 Å². The molecule has 1 aromatic heterocycles. The smallest absolute Gasteiger partial charge is 0.345 e. The van der Waals surface area contributed by atoms with Crippen LogP contribution < -0.4 is 10.4 Å². The van der Waals surface area contributed by atoms with Crippen LogP contribution >= 0.6 is 0 Å². The highest BCUT2D eigenvalue weighted by atomic mass is 19.1. The van der Waals surface area contributed by atoms with Crippen molar-refractivity contribution in [2.45, 2.75) is 18.8 Å². The number of likely N-dealkylation sites (tertiary alicyclic amines) is 1. The summed E-state index contributed by atoms with van der Waals surface area (Å²) in [5.41, 5.74) is 0.390. The molecular formula is C17H18FN3O3. The summed E-state index contributed by atoms with van der Waals surface area (Å²) in [5.74, 6) is -0.555. The lowest BCUT2D eigenvalue weighted by atomic mass is 9.94. The zero-order chi connectivity index (χ0) is 16.9. The Balaban J connectivity index is 1.61. The Morgan fingerprint density at radius 3 is 3.00 bits per heavy atom. The Morgan fingerprint density at radius 2 is 2.21 bits per heavy atom. The molecule has 1 N–H and O–H groups in total. The van der Waals surface area contributed by atoms with Gasteiger partial charge in [0.2, 0.25) is 0 Å². The first-order chi connectivity index (χ1) is 11.6. The van der Waals surface area contributed by atoms with Gasteiger partial charge in [-0.3, -0.25) is 4.79 Å². The lowest BCUT2D eigenvalue weighted by molar-refractivity contribution is -0.134. The lowest BCUT2D eigenvalue weighted by Gasteiger charge is -2.32. The van der Waals surface area contributed by atoms with E-state index in [2.05, 4.69) is 9.97 Å². The van der Waals surface area contributed by atoms with E-state index in [9.17, 15) is 14.0 Å². The number of benzene rings is 1. The molecule has 0 saturated carbocycles. The van der Waals surface area contributed by atoms with E-state index in [-0.39, 0.29) is 29.9 Å². The van der Waals surface area contributed by atoms with Crippen LogP contribution in [0.4, 0.5) is 4.39 Å². The van der Waals surface area contributed by atoms with E-state index in [0.717, 1.165) is 18.5 Å². The lowest BCUT2D eigenvalue weighted by Crippen LogP contribution is -2.42. The third-order valence-corrected chi connectivity index (χ3v) is 4.10. The molecule has 1 amide bonds. The molecule has 126 valence electrons. The highest BCUT2D eigenvalue weighted by molar-refractivity contribution is 5.78. The van der Waals surface area contributed by atoms with Gasteiger partial charge in [0.05, 0.1) is 0 Å². The molecule has 3 rings (SSSR count). The van der Waals surface area contributed by atoms with Crippen molar-refractivity contribution in [2.75, 3.05) is 19.7 Å². The third kappa shape index (κ3) is 3.79. The number of aromatic amines is 1. The van der Waals surface area contributed by atoms with E-state index < -0.39 is 5.82 Å². The molecule has 1 aliphatic rings. The quantitative estimate of drug-likeness (QED) is 0.925. The van der Waals surface area contributed by atoms with Gasteiger partial charge in [-0.05, 0) is 31.0 Å². The van der Waals surface area contributed by atoms with Gasteiger partial charge in [-0.2, -0.15) is 0 Å². The number of carbonyl (C=O) groups is 1. The Labute approximate surface area is 138 Å². The molecule has 2 aromatic rings. The maximum Gasteiger partial charge on any atom is 0.345 e. The molecule has 0 aliphatic carbocycles. The minimum atomic E-state index is -0.490. The number of piperidine rings is 1. The molecule has 0 bridgehead atoms. The van der Waals surface area contributed by atoms with Gasteiger partial charge in [-0.1, -0.05) is 12.1 Å². The summed E-state index contributed by atoms with van der Waals surface area (Å²) in [5, 5.41) is 0. The average molecular weight is 331 g/mol. The van der Waals surface area contributed by atoms with Crippen molar-refractivity contribution in [3.63, 3.8) is 0 Å². The Hall–Kier alpha value is -2.70. The van der Waals surface area contributed by atoms with Gasteiger partial charge in [0.15, 0.2) is 18.2 Å². The fourth-order valence-electron chi connectivity index (χ4n) is 2.87. The number of ether oxygens (including phenoxy) is 1. The molecule has 1 saturated heterocycles. The molecule has 6 nitrogen and oxygen atoms in total. The number of nitrogens with one attached hydrogen (secondary N) is 1. The normalized spacial score (nSPS) is 17.5. The SMILES string of the molecule is O=C(COc1ccccc1F)N1CCCC(c2ccnc(=O)[nH]2)C1. The summed E-state index contributed by atoms with van der Waals surface area (Å²) < 4.78 is 18.8. The molecule has 0 spiro atoms. The minimum absolute atomic E-state index is 0.0619. The van der Waals surface area contributed by atoms with E-state index in [0.29, 0.717) is 13.1 Å². The predicted molar refractivity (Wildman–Crippen MR) is 85.3 cm³/mol. The predicted octanol–water partition coefficient (Wildman–Crippen LogP) is 1.69. The van der Waals surface area contributed by atoms with E-state index in [4.69, 9.17) is 4.74 Å². The van der Waals surface area contributed by atoms with E-state index in [1.54, 1.807) is 23.1 Å². The zero-order valence-electron chi connectivity index (χ0n) is 13.1. The van der Waals surface area contributed by atoms with Gasteiger partial charge >= 0.3 is 5.69 Å². The summed E-state index contributed by atoms with van der Waals surface area (Å²) in [6.07, 6.45) is 3.19. The number of H-pyrrole nitrogens is 1. The number of halogens is 1. The first kappa shape index (κ1) is 16.2.